The summed E-state index contributed by atoms with van der Waals surface area (Å²) in [6.45, 7) is 0.510. The molecular weight excluding hydrogens is 266 g/mol. The number of epoxide rings is 1. The molecule has 1 aliphatic rings. The Morgan fingerprint density at radius 1 is 1.14 bits per heavy atom. The predicted molar refractivity (Wildman–Crippen MR) is 79.2 cm³/mol. The molecule has 0 aromatic heterocycles. The minimum atomic E-state index is -0.297. The molecule has 2 atom stereocenters. The van der Waals surface area contributed by atoms with E-state index in [1.807, 2.05) is 54.6 Å². The van der Waals surface area contributed by atoms with Gasteiger partial charge < -0.3 is 14.8 Å². The zero-order valence-corrected chi connectivity index (χ0v) is 11.8. The molecule has 2 aromatic rings. The maximum Gasteiger partial charge on any atom is 0.252 e. The molecule has 108 valence electrons. The molecular formula is C17H17NO3. The minimum Gasteiger partial charge on any atom is -0.497 e. The van der Waals surface area contributed by atoms with E-state index in [1.165, 1.54) is 0 Å². The molecule has 21 heavy (non-hydrogen) atoms. The number of hydrogen-bond donors (Lipinski definition) is 1. The minimum absolute atomic E-state index is 0.0697. The summed E-state index contributed by atoms with van der Waals surface area (Å²) in [5.74, 6) is 0.724. The Morgan fingerprint density at radius 2 is 1.76 bits per heavy atom. The number of amides is 1. The topological polar surface area (TPSA) is 50.9 Å². The Bertz CT molecular complexity index is 606. The van der Waals surface area contributed by atoms with Crippen molar-refractivity contribution in [3.8, 4) is 5.75 Å². The highest BCUT2D eigenvalue weighted by Gasteiger charge is 2.33. The monoisotopic (exact) mass is 283 g/mol. The van der Waals surface area contributed by atoms with E-state index >= 15 is 0 Å². The van der Waals surface area contributed by atoms with Crippen LogP contribution in [0.4, 0.5) is 0 Å². The van der Waals surface area contributed by atoms with E-state index in [0.717, 1.165) is 16.9 Å². The first kappa shape index (κ1) is 13.6. The van der Waals surface area contributed by atoms with Gasteiger partial charge in [0.05, 0.1) is 19.8 Å². The van der Waals surface area contributed by atoms with E-state index in [4.69, 9.17) is 9.47 Å². The summed E-state index contributed by atoms with van der Waals surface area (Å²) in [5, 5.41) is 3.04. The van der Waals surface area contributed by atoms with Crippen LogP contribution in [0.15, 0.2) is 54.6 Å². The lowest BCUT2D eigenvalue weighted by Crippen LogP contribution is -2.32. The predicted octanol–water partition coefficient (Wildman–Crippen LogP) is 2.30. The molecule has 4 nitrogen and oxygen atoms in total. The Labute approximate surface area is 123 Å². The lowest BCUT2D eigenvalue weighted by molar-refractivity contribution is -0.122. The maximum absolute atomic E-state index is 12.0. The molecule has 2 unspecified atom stereocenters. The number of methoxy groups -OCH3 is 1. The van der Waals surface area contributed by atoms with Gasteiger partial charge >= 0.3 is 0 Å². The van der Waals surface area contributed by atoms with E-state index in [2.05, 4.69) is 5.32 Å². The van der Waals surface area contributed by atoms with Gasteiger partial charge in [0.1, 0.15) is 5.75 Å². The van der Waals surface area contributed by atoms with Crippen LogP contribution >= 0.6 is 0 Å². The summed E-state index contributed by atoms with van der Waals surface area (Å²) in [6, 6.07) is 17.4. The summed E-state index contributed by atoms with van der Waals surface area (Å²) in [4.78, 5) is 12.0. The first-order valence-electron chi connectivity index (χ1n) is 6.89. The highest BCUT2D eigenvalue weighted by atomic mass is 16.6. The fourth-order valence-corrected chi connectivity index (χ4v) is 2.24. The third-order valence-electron chi connectivity index (χ3n) is 3.49. The number of carbonyl (C=O) groups excluding carboxylic acids is 1. The van der Waals surface area contributed by atoms with E-state index in [1.54, 1.807) is 7.11 Å². The van der Waals surface area contributed by atoms with Gasteiger partial charge in [-0.2, -0.15) is 0 Å². The highest BCUT2D eigenvalue weighted by molar-refractivity contribution is 5.83. The average Bonchev–Trinajstić information content (AvgIpc) is 3.38. The van der Waals surface area contributed by atoms with Crippen molar-refractivity contribution in [1.29, 1.82) is 0 Å². The fraction of sp³-hybridized carbons (Fsp3) is 0.235. The first-order chi connectivity index (χ1) is 10.3. The van der Waals surface area contributed by atoms with Gasteiger partial charge in [0, 0.05) is 0 Å². The van der Waals surface area contributed by atoms with E-state index in [-0.39, 0.29) is 18.1 Å². The van der Waals surface area contributed by atoms with Gasteiger partial charge in [-0.05, 0) is 23.3 Å². The van der Waals surface area contributed by atoms with Crippen molar-refractivity contribution >= 4 is 5.91 Å². The quantitative estimate of drug-likeness (QED) is 0.857. The van der Waals surface area contributed by atoms with Crippen molar-refractivity contribution in [1.82, 2.24) is 5.32 Å². The molecule has 0 bridgehead atoms. The maximum atomic E-state index is 12.0. The Balaban J connectivity index is 1.88. The fourth-order valence-electron chi connectivity index (χ4n) is 2.24. The smallest absolute Gasteiger partial charge is 0.252 e. The van der Waals surface area contributed by atoms with Crippen LogP contribution in [0.2, 0.25) is 0 Å². The van der Waals surface area contributed by atoms with Crippen LogP contribution in [0.1, 0.15) is 17.2 Å². The first-order valence-corrected chi connectivity index (χ1v) is 6.89. The van der Waals surface area contributed by atoms with Crippen molar-refractivity contribution in [3.05, 3.63) is 65.7 Å². The molecule has 1 fully saturated rings. The van der Waals surface area contributed by atoms with Gasteiger partial charge in [-0.3, -0.25) is 4.79 Å². The third kappa shape index (κ3) is 3.23. The molecule has 2 aromatic carbocycles. The molecule has 1 amide bonds. The summed E-state index contributed by atoms with van der Waals surface area (Å²) in [5.41, 5.74) is 2.05. The van der Waals surface area contributed by atoms with Crippen LogP contribution in [0.25, 0.3) is 0 Å². The molecule has 1 heterocycles. The van der Waals surface area contributed by atoms with E-state index in [9.17, 15) is 4.79 Å². The Hall–Kier alpha value is -2.33. The normalized spacial score (nSPS) is 17.9. The van der Waals surface area contributed by atoms with Crippen LogP contribution in [0.5, 0.6) is 5.75 Å². The third-order valence-corrected chi connectivity index (χ3v) is 3.49. The van der Waals surface area contributed by atoms with Crippen molar-refractivity contribution in [2.75, 3.05) is 13.7 Å². The molecule has 4 heteroatoms. The summed E-state index contributed by atoms with van der Waals surface area (Å²) in [7, 11) is 1.63. The SMILES string of the molecule is COc1ccc(C(NC(=O)C2CO2)c2ccccc2)cc1. The zero-order valence-electron chi connectivity index (χ0n) is 11.8. The number of carbonyl (C=O) groups is 1. The lowest BCUT2D eigenvalue weighted by Gasteiger charge is -2.19. The molecule has 0 saturated carbocycles. The Morgan fingerprint density at radius 3 is 2.33 bits per heavy atom. The molecule has 3 rings (SSSR count). The van der Waals surface area contributed by atoms with Gasteiger partial charge in [0.25, 0.3) is 5.91 Å². The van der Waals surface area contributed by atoms with Crippen LogP contribution in [-0.4, -0.2) is 25.7 Å². The second-order valence-corrected chi connectivity index (χ2v) is 4.95. The summed E-state index contributed by atoms with van der Waals surface area (Å²) in [6.07, 6.45) is -0.297. The number of hydrogen-bond acceptors (Lipinski definition) is 3. The van der Waals surface area contributed by atoms with Gasteiger partial charge in [0.15, 0.2) is 6.10 Å². The standard InChI is InChI=1S/C17H17NO3/c1-20-14-9-7-13(8-10-14)16(12-5-3-2-4-6-12)18-17(19)15-11-21-15/h2-10,15-16H,11H2,1H3,(H,18,19). The number of ether oxygens (including phenoxy) is 2. The lowest BCUT2D eigenvalue weighted by atomic mass is 9.98. The summed E-state index contributed by atoms with van der Waals surface area (Å²) < 4.78 is 10.2. The average molecular weight is 283 g/mol. The largest absolute Gasteiger partial charge is 0.497 e. The van der Waals surface area contributed by atoms with Crippen molar-refractivity contribution in [3.63, 3.8) is 0 Å². The van der Waals surface area contributed by atoms with Crippen LogP contribution in [-0.2, 0) is 9.53 Å². The second kappa shape index (κ2) is 5.97. The van der Waals surface area contributed by atoms with Gasteiger partial charge in [-0.25, -0.2) is 0 Å². The van der Waals surface area contributed by atoms with Crippen molar-refractivity contribution < 1.29 is 14.3 Å². The molecule has 1 N–H and O–H groups in total. The van der Waals surface area contributed by atoms with Crippen molar-refractivity contribution in [2.24, 2.45) is 0 Å². The molecule has 0 aliphatic carbocycles. The molecule has 1 saturated heterocycles. The van der Waals surface area contributed by atoms with Crippen LogP contribution in [0, 0.1) is 0 Å². The van der Waals surface area contributed by atoms with E-state index in [0.29, 0.717) is 6.61 Å². The summed E-state index contributed by atoms with van der Waals surface area (Å²) >= 11 is 0. The zero-order chi connectivity index (χ0) is 14.7. The van der Waals surface area contributed by atoms with Gasteiger partial charge in [0.2, 0.25) is 0 Å². The molecule has 0 radical (unpaired) electrons. The van der Waals surface area contributed by atoms with Gasteiger partial charge in [-0.15, -0.1) is 0 Å². The molecule has 0 spiro atoms. The Kier molecular flexibility index (Phi) is 3.88. The van der Waals surface area contributed by atoms with Crippen LogP contribution in [0.3, 0.4) is 0 Å². The van der Waals surface area contributed by atoms with Gasteiger partial charge in [-0.1, -0.05) is 42.5 Å². The molecule has 1 aliphatic heterocycles. The van der Waals surface area contributed by atoms with E-state index < -0.39 is 0 Å². The van der Waals surface area contributed by atoms with Crippen molar-refractivity contribution in [2.45, 2.75) is 12.1 Å². The second-order valence-electron chi connectivity index (χ2n) is 4.95. The number of nitrogens with one attached hydrogen (secondary N) is 1. The van der Waals surface area contributed by atoms with Crippen LogP contribution < -0.4 is 10.1 Å². The number of rotatable bonds is 5. The highest BCUT2D eigenvalue weighted by Crippen LogP contribution is 2.25. The number of benzene rings is 2.